The molecule has 1 aromatic heterocycles. The molecule has 0 atom stereocenters. The van der Waals surface area contributed by atoms with Crippen LogP contribution in [-0.4, -0.2) is 17.1 Å². The van der Waals surface area contributed by atoms with Gasteiger partial charge in [0.05, 0.1) is 12.1 Å². The number of hydrogen-bond acceptors (Lipinski definition) is 3. The maximum Gasteiger partial charge on any atom is 0.161 e. The van der Waals surface area contributed by atoms with Crippen molar-refractivity contribution >= 4 is 23.2 Å². The van der Waals surface area contributed by atoms with Crippen molar-refractivity contribution in [1.82, 2.24) is 9.97 Å². The molecule has 94 valence electrons. The van der Waals surface area contributed by atoms with Crippen molar-refractivity contribution < 1.29 is 4.74 Å². The molecule has 5 heteroatoms. The van der Waals surface area contributed by atoms with Crippen LogP contribution in [-0.2, 0) is 0 Å². The maximum absolute atomic E-state index is 6.08. The fourth-order valence-electron chi connectivity index (χ4n) is 1.53. The first-order valence-electron chi connectivity index (χ1n) is 5.37. The Labute approximate surface area is 116 Å². The minimum atomic E-state index is 0.462. The molecule has 0 saturated carbocycles. The second kappa shape index (κ2) is 5.12. The van der Waals surface area contributed by atoms with Gasteiger partial charge in [-0.05, 0) is 32.0 Å². The molecule has 18 heavy (non-hydrogen) atoms. The van der Waals surface area contributed by atoms with E-state index in [2.05, 4.69) is 9.97 Å². The number of nitrogens with zero attached hydrogens (tertiary/aromatic N) is 2. The molecule has 0 amide bonds. The van der Waals surface area contributed by atoms with E-state index in [9.17, 15) is 0 Å². The number of aryl methyl sites for hydroxylation is 1. The van der Waals surface area contributed by atoms with Crippen LogP contribution in [0.15, 0.2) is 18.2 Å². The maximum atomic E-state index is 6.08. The Morgan fingerprint density at radius 3 is 2.39 bits per heavy atom. The van der Waals surface area contributed by atoms with Crippen molar-refractivity contribution in [2.45, 2.75) is 13.8 Å². The first kappa shape index (κ1) is 13.1. The molecular weight excluding hydrogens is 271 g/mol. The predicted molar refractivity (Wildman–Crippen MR) is 73.5 cm³/mol. The summed E-state index contributed by atoms with van der Waals surface area (Å²) in [5.41, 5.74) is 2.56. The Morgan fingerprint density at radius 1 is 1.11 bits per heavy atom. The van der Waals surface area contributed by atoms with Gasteiger partial charge in [0.25, 0.3) is 0 Å². The zero-order valence-electron chi connectivity index (χ0n) is 10.3. The van der Waals surface area contributed by atoms with Gasteiger partial charge in [0, 0.05) is 16.8 Å². The van der Waals surface area contributed by atoms with Crippen molar-refractivity contribution in [3.05, 3.63) is 39.6 Å². The first-order valence-corrected chi connectivity index (χ1v) is 6.13. The molecular formula is C13H12Cl2N2O. The number of methoxy groups -OCH3 is 1. The van der Waals surface area contributed by atoms with Gasteiger partial charge in [-0.1, -0.05) is 23.2 Å². The highest BCUT2D eigenvalue weighted by Gasteiger charge is 2.10. The average Bonchev–Trinajstić information content (AvgIpc) is 2.35. The first-order chi connectivity index (χ1) is 8.52. The van der Waals surface area contributed by atoms with Crippen LogP contribution < -0.4 is 4.74 Å². The van der Waals surface area contributed by atoms with Gasteiger partial charge in [0.1, 0.15) is 10.9 Å². The Morgan fingerprint density at radius 2 is 1.83 bits per heavy atom. The third-order valence-electron chi connectivity index (χ3n) is 2.74. The van der Waals surface area contributed by atoms with E-state index >= 15 is 0 Å². The van der Waals surface area contributed by atoms with Gasteiger partial charge < -0.3 is 4.74 Å². The van der Waals surface area contributed by atoms with Crippen molar-refractivity contribution in [3.63, 3.8) is 0 Å². The molecule has 0 saturated heterocycles. The number of halogens is 2. The molecule has 0 bridgehead atoms. The Bertz CT molecular complexity index is 577. The molecule has 0 radical (unpaired) electrons. The highest BCUT2D eigenvalue weighted by molar-refractivity contribution is 6.32. The molecule has 2 rings (SSSR count). The summed E-state index contributed by atoms with van der Waals surface area (Å²) in [5.74, 6) is 1.18. The summed E-state index contributed by atoms with van der Waals surface area (Å²) >= 11 is 12.1. The van der Waals surface area contributed by atoms with E-state index in [-0.39, 0.29) is 0 Å². The van der Waals surface area contributed by atoms with Crippen LogP contribution in [0.25, 0.3) is 11.4 Å². The van der Waals surface area contributed by atoms with Crippen LogP contribution in [0.5, 0.6) is 5.75 Å². The topological polar surface area (TPSA) is 35.0 Å². The number of benzene rings is 1. The lowest BCUT2D eigenvalue weighted by molar-refractivity contribution is 0.415. The third-order valence-corrected chi connectivity index (χ3v) is 3.40. The van der Waals surface area contributed by atoms with Crippen LogP contribution in [0.4, 0.5) is 0 Å². The van der Waals surface area contributed by atoms with E-state index < -0.39 is 0 Å². The lowest BCUT2D eigenvalue weighted by Crippen LogP contribution is -1.96. The average molecular weight is 283 g/mol. The summed E-state index contributed by atoms with van der Waals surface area (Å²) in [6.45, 7) is 3.79. The summed E-state index contributed by atoms with van der Waals surface area (Å²) in [7, 11) is 1.57. The van der Waals surface area contributed by atoms with Gasteiger partial charge >= 0.3 is 0 Å². The summed E-state index contributed by atoms with van der Waals surface area (Å²) in [5, 5.41) is 0.984. The summed E-state index contributed by atoms with van der Waals surface area (Å²) < 4.78 is 5.10. The highest BCUT2D eigenvalue weighted by atomic mass is 35.5. The third kappa shape index (κ3) is 2.42. The van der Waals surface area contributed by atoms with Crippen molar-refractivity contribution in [3.8, 4) is 17.1 Å². The molecule has 3 nitrogen and oxygen atoms in total. The smallest absolute Gasteiger partial charge is 0.161 e. The standard InChI is InChI=1S/C13H12Cl2N2O/c1-7-8(2)16-13(17-12(7)15)9-4-5-11(18-3)10(14)6-9/h4-6H,1-3H3. The van der Waals surface area contributed by atoms with Crippen molar-refractivity contribution in [2.24, 2.45) is 0 Å². The quantitative estimate of drug-likeness (QED) is 0.779. The Hall–Kier alpha value is -1.32. The van der Waals surface area contributed by atoms with Crippen molar-refractivity contribution in [2.75, 3.05) is 7.11 Å². The number of ether oxygens (including phenoxy) is 1. The molecule has 0 spiro atoms. The second-order valence-electron chi connectivity index (χ2n) is 3.90. The fourth-order valence-corrected chi connectivity index (χ4v) is 2.00. The van der Waals surface area contributed by atoms with Crippen molar-refractivity contribution in [1.29, 1.82) is 0 Å². The SMILES string of the molecule is COc1ccc(-c2nc(C)c(C)c(Cl)n2)cc1Cl. The van der Waals surface area contributed by atoms with E-state index in [4.69, 9.17) is 27.9 Å². The molecule has 0 unspecified atom stereocenters. The van der Waals surface area contributed by atoms with Crippen LogP contribution in [0.3, 0.4) is 0 Å². The predicted octanol–water partition coefficient (Wildman–Crippen LogP) is 4.08. The summed E-state index contributed by atoms with van der Waals surface area (Å²) in [6.07, 6.45) is 0. The lowest BCUT2D eigenvalue weighted by Gasteiger charge is -2.08. The highest BCUT2D eigenvalue weighted by Crippen LogP contribution is 2.29. The van der Waals surface area contributed by atoms with Gasteiger partial charge in [-0.3, -0.25) is 0 Å². The zero-order chi connectivity index (χ0) is 13.3. The van der Waals surface area contributed by atoms with E-state index in [0.717, 1.165) is 16.8 Å². The number of aromatic nitrogens is 2. The van der Waals surface area contributed by atoms with Gasteiger partial charge in [-0.2, -0.15) is 0 Å². The Kier molecular flexibility index (Phi) is 3.73. The van der Waals surface area contributed by atoms with E-state index in [1.807, 2.05) is 19.9 Å². The van der Waals surface area contributed by atoms with E-state index in [1.54, 1.807) is 19.2 Å². The monoisotopic (exact) mass is 282 g/mol. The summed E-state index contributed by atoms with van der Waals surface area (Å²) in [4.78, 5) is 8.66. The second-order valence-corrected chi connectivity index (χ2v) is 4.66. The van der Waals surface area contributed by atoms with Crippen LogP contribution in [0.1, 0.15) is 11.3 Å². The van der Waals surface area contributed by atoms with Crippen LogP contribution >= 0.6 is 23.2 Å². The Balaban J connectivity index is 2.52. The lowest BCUT2D eigenvalue weighted by atomic mass is 10.2. The molecule has 1 aromatic carbocycles. The largest absolute Gasteiger partial charge is 0.495 e. The van der Waals surface area contributed by atoms with Gasteiger partial charge in [0.2, 0.25) is 0 Å². The molecule has 2 aromatic rings. The number of hydrogen-bond donors (Lipinski definition) is 0. The minimum Gasteiger partial charge on any atom is -0.495 e. The normalized spacial score (nSPS) is 10.5. The van der Waals surface area contributed by atoms with Crippen LogP contribution in [0, 0.1) is 13.8 Å². The molecule has 0 aliphatic carbocycles. The molecule has 0 aliphatic heterocycles. The van der Waals surface area contributed by atoms with Gasteiger partial charge in [0.15, 0.2) is 5.82 Å². The molecule has 0 fully saturated rings. The van der Waals surface area contributed by atoms with E-state index in [1.165, 1.54) is 0 Å². The fraction of sp³-hybridized carbons (Fsp3) is 0.231. The van der Waals surface area contributed by atoms with Gasteiger partial charge in [-0.25, -0.2) is 9.97 Å². The molecule has 0 aliphatic rings. The van der Waals surface area contributed by atoms with Gasteiger partial charge in [-0.15, -0.1) is 0 Å². The minimum absolute atomic E-state index is 0.462. The zero-order valence-corrected chi connectivity index (χ0v) is 11.8. The van der Waals surface area contributed by atoms with Crippen LogP contribution in [0.2, 0.25) is 10.2 Å². The summed E-state index contributed by atoms with van der Waals surface area (Å²) in [6, 6.07) is 5.40. The number of rotatable bonds is 2. The molecule has 0 N–H and O–H groups in total. The molecule has 1 heterocycles. The van der Waals surface area contributed by atoms with E-state index in [0.29, 0.717) is 21.7 Å².